The van der Waals surface area contributed by atoms with Gasteiger partial charge in [0.1, 0.15) is 6.54 Å². The van der Waals surface area contributed by atoms with Crippen molar-refractivity contribution in [1.82, 2.24) is 10.2 Å². The lowest BCUT2D eigenvalue weighted by molar-refractivity contribution is -0.119. The number of nitrogens with zero attached hydrogens (tertiary/aromatic N) is 2. The van der Waals surface area contributed by atoms with Crippen LogP contribution in [0.3, 0.4) is 0 Å². The highest BCUT2D eigenvalue weighted by molar-refractivity contribution is 7.92. The predicted octanol–water partition coefficient (Wildman–Crippen LogP) is 2.34. The first-order valence-electron chi connectivity index (χ1n) is 10.6. The van der Waals surface area contributed by atoms with E-state index >= 15 is 0 Å². The summed E-state index contributed by atoms with van der Waals surface area (Å²) < 4.78 is 33.2. The first kappa shape index (κ1) is 23.2. The van der Waals surface area contributed by atoms with Gasteiger partial charge in [0.25, 0.3) is 10.0 Å². The molecular formula is C23H31N3O4S. The second-order valence-electron chi connectivity index (χ2n) is 7.82. The van der Waals surface area contributed by atoms with Crippen molar-refractivity contribution >= 4 is 21.6 Å². The third-order valence-corrected chi connectivity index (χ3v) is 7.08. The van der Waals surface area contributed by atoms with Crippen LogP contribution in [0.5, 0.6) is 0 Å². The molecule has 0 spiro atoms. The van der Waals surface area contributed by atoms with Crippen LogP contribution in [0.15, 0.2) is 53.4 Å². The number of benzene rings is 2. The van der Waals surface area contributed by atoms with E-state index in [1.54, 1.807) is 36.4 Å². The number of nitrogens with one attached hydrogen (secondary N) is 1. The number of carbonyl (C=O) groups excluding carboxylic acids is 1. The largest absolute Gasteiger partial charge is 0.379 e. The molecule has 0 saturated carbocycles. The lowest BCUT2D eigenvalue weighted by Crippen LogP contribution is -2.42. The number of sulfonamides is 1. The first-order chi connectivity index (χ1) is 14.9. The minimum atomic E-state index is -3.88. The first-order valence-corrected chi connectivity index (χ1v) is 12.0. The Labute approximate surface area is 185 Å². The summed E-state index contributed by atoms with van der Waals surface area (Å²) in [6.45, 7) is 8.26. The molecule has 8 heteroatoms. The SMILES string of the molecule is Cc1ccc(N(CC(=O)NCCCN2CCOCC2)S(=O)(=O)c2ccc(C)cc2)cc1. The summed E-state index contributed by atoms with van der Waals surface area (Å²) in [6.07, 6.45) is 0.807. The lowest BCUT2D eigenvalue weighted by Gasteiger charge is -2.26. The second kappa shape index (κ2) is 10.7. The molecule has 0 aromatic heterocycles. The van der Waals surface area contributed by atoms with Crippen molar-refractivity contribution in [2.45, 2.75) is 25.2 Å². The molecule has 1 fully saturated rings. The van der Waals surface area contributed by atoms with Crippen molar-refractivity contribution in [3.63, 3.8) is 0 Å². The van der Waals surface area contributed by atoms with Gasteiger partial charge in [-0.15, -0.1) is 0 Å². The Kier molecular flexibility index (Phi) is 8.06. The van der Waals surface area contributed by atoms with Crippen LogP contribution < -0.4 is 9.62 Å². The molecule has 2 aromatic rings. The number of morpholine rings is 1. The van der Waals surface area contributed by atoms with E-state index in [1.807, 2.05) is 26.0 Å². The molecular weight excluding hydrogens is 414 g/mol. The Hall–Kier alpha value is -2.42. The Morgan fingerprint density at radius 2 is 1.58 bits per heavy atom. The number of aryl methyl sites for hydroxylation is 2. The molecule has 1 amide bonds. The molecule has 31 heavy (non-hydrogen) atoms. The maximum Gasteiger partial charge on any atom is 0.264 e. The van der Waals surface area contributed by atoms with Gasteiger partial charge in [0, 0.05) is 19.6 Å². The summed E-state index contributed by atoms with van der Waals surface area (Å²) in [6, 6.07) is 13.8. The Bertz CT molecular complexity index is 953. The van der Waals surface area contributed by atoms with Crippen LogP contribution in [0.1, 0.15) is 17.5 Å². The molecule has 2 aromatic carbocycles. The average Bonchev–Trinajstić information content (AvgIpc) is 2.77. The number of carbonyl (C=O) groups is 1. The van der Waals surface area contributed by atoms with Gasteiger partial charge in [0.05, 0.1) is 23.8 Å². The third-order valence-electron chi connectivity index (χ3n) is 5.30. The number of hydrogen-bond donors (Lipinski definition) is 1. The van der Waals surface area contributed by atoms with E-state index in [9.17, 15) is 13.2 Å². The standard InChI is InChI=1S/C23H31N3O4S/c1-19-4-8-21(9-5-19)26(31(28,29)22-10-6-20(2)7-11-22)18-23(27)24-12-3-13-25-14-16-30-17-15-25/h4-11H,3,12-18H2,1-2H3,(H,24,27). The van der Waals surface area contributed by atoms with Crippen LogP contribution in [0, 0.1) is 13.8 Å². The van der Waals surface area contributed by atoms with Gasteiger partial charge in [-0.3, -0.25) is 14.0 Å². The third kappa shape index (κ3) is 6.53. The van der Waals surface area contributed by atoms with Gasteiger partial charge in [-0.1, -0.05) is 35.4 Å². The van der Waals surface area contributed by atoms with Crippen LogP contribution in [-0.2, 0) is 19.6 Å². The fourth-order valence-corrected chi connectivity index (χ4v) is 4.83. The average molecular weight is 446 g/mol. The van der Waals surface area contributed by atoms with Crippen molar-refractivity contribution in [1.29, 1.82) is 0 Å². The summed E-state index contributed by atoms with van der Waals surface area (Å²) in [5.41, 5.74) is 2.46. The number of rotatable bonds is 9. The molecule has 3 rings (SSSR count). The van der Waals surface area contributed by atoms with E-state index in [-0.39, 0.29) is 17.3 Å². The maximum atomic E-state index is 13.3. The topological polar surface area (TPSA) is 79.0 Å². The molecule has 168 valence electrons. The van der Waals surface area contributed by atoms with Crippen molar-refractivity contribution in [3.05, 3.63) is 59.7 Å². The Morgan fingerprint density at radius 3 is 2.19 bits per heavy atom. The van der Waals surface area contributed by atoms with Crippen LogP contribution in [0.25, 0.3) is 0 Å². The van der Waals surface area contributed by atoms with Gasteiger partial charge in [-0.25, -0.2) is 8.42 Å². The van der Waals surface area contributed by atoms with Gasteiger partial charge >= 0.3 is 0 Å². The van der Waals surface area contributed by atoms with E-state index in [2.05, 4.69) is 10.2 Å². The quantitative estimate of drug-likeness (QED) is 0.600. The summed E-state index contributed by atoms with van der Waals surface area (Å²) in [5, 5.41) is 2.86. The van der Waals surface area contributed by atoms with E-state index in [0.29, 0.717) is 12.2 Å². The van der Waals surface area contributed by atoms with Crippen molar-refractivity contribution in [2.75, 3.05) is 50.2 Å². The number of amides is 1. The highest BCUT2D eigenvalue weighted by Crippen LogP contribution is 2.24. The highest BCUT2D eigenvalue weighted by atomic mass is 32.2. The molecule has 1 N–H and O–H groups in total. The van der Waals surface area contributed by atoms with Crippen molar-refractivity contribution in [3.8, 4) is 0 Å². The van der Waals surface area contributed by atoms with E-state index in [0.717, 1.165) is 50.4 Å². The summed E-state index contributed by atoms with van der Waals surface area (Å²) in [7, 11) is -3.88. The molecule has 1 heterocycles. The van der Waals surface area contributed by atoms with Crippen LogP contribution in [0.2, 0.25) is 0 Å². The van der Waals surface area contributed by atoms with Crippen LogP contribution in [0.4, 0.5) is 5.69 Å². The van der Waals surface area contributed by atoms with Crippen molar-refractivity contribution < 1.29 is 17.9 Å². The zero-order valence-corrected chi connectivity index (χ0v) is 19.0. The Balaban J connectivity index is 1.67. The molecule has 0 bridgehead atoms. The monoisotopic (exact) mass is 445 g/mol. The molecule has 0 aliphatic carbocycles. The number of anilines is 1. The molecule has 1 aliphatic heterocycles. The van der Waals surface area contributed by atoms with Crippen LogP contribution >= 0.6 is 0 Å². The number of hydrogen-bond acceptors (Lipinski definition) is 5. The van der Waals surface area contributed by atoms with Crippen LogP contribution in [-0.4, -0.2) is 65.2 Å². The summed E-state index contributed by atoms with van der Waals surface area (Å²) >= 11 is 0. The molecule has 7 nitrogen and oxygen atoms in total. The molecule has 1 saturated heterocycles. The molecule has 0 radical (unpaired) electrons. The van der Waals surface area contributed by atoms with E-state index in [1.165, 1.54) is 4.31 Å². The second-order valence-corrected chi connectivity index (χ2v) is 9.68. The fraction of sp³-hybridized carbons (Fsp3) is 0.435. The van der Waals surface area contributed by atoms with Gasteiger partial charge in [0.2, 0.25) is 5.91 Å². The van der Waals surface area contributed by atoms with E-state index in [4.69, 9.17) is 4.74 Å². The van der Waals surface area contributed by atoms with Gasteiger partial charge in [0.15, 0.2) is 0 Å². The lowest BCUT2D eigenvalue weighted by atomic mass is 10.2. The minimum absolute atomic E-state index is 0.166. The predicted molar refractivity (Wildman–Crippen MR) is 122 cm³/mol. The smallest absolute Gasteiger partial charge is 0.264 e. The van der Waals surface area contributed by atoms with Gasteiger partial charge in [-0.2, -0.15) is 0 Å². The van der Waals surface area contributed by atoms with Gasteiger partial charge < -0.3 is 10.1 Å². The molecule has 0 unspecified atom stereocenters. The normalized spacial score (nSPS) is 14.9. The number of ether oxygens (including phenoxy) is 1. The summed E-state index contributed by atoms with van der Waals surface area (Å²) in [5.74, 6) is -0.321. The molecule has 0 atom stereocenters. The molecule has 1 aliphatic rings. The highest BCUT2D eigenvalue weighted by Gasteiger charge is 2.27. The minimum Gasteiger partial charge on any atom is -0.379 e. The van der Waals surface area contributed by atoms with Gasteiger partial charge in [-0.05, 0) is 51.1 Å². The van der Waals surface area contributed by atoms with E-state index < -0.39 is 10.0 Å². The fourth-order valence-electron chi connectivity index (χ4n) is 3.41. The van der Waals surface area contributed by atoms with Crippen molar-refractivity contribution in [2.24, 2.45) is 0 Å². The Morgan fingerprint density at radius 1 is 1.00 bits per heavy atom. The zero-order chi connectivity index (χ0) is 22.3. The summed E-state index contributed by atoms with van der Waals surface area (Å²) in [4.78, 5) is 15.1. The zero-order valence-electron chi connectivity index (χ0n) is 18.2. The maximum absolute atomic E-state index is 13.3.